The molecular weight excluding hydrogens is 356 g/mol. The van der Waals surface area contributed by atoms with E-state index in [0.29, 0.717) is 11.3 Å². The van der Waals surface area contributed by atoms with E-state index in [9.17, 15) is 14.7 Å². The predicted octanol–water partition coefficient (Wildman–Crippen LogP) is 3.45. The highest BCUT2D eigenvalue weighted by Gasteiger charge is 2.49. The van der Waals surface area contributed by atoms with Gasteiger partial charge in [-0.2, -0.15) is 0 Å². The van der Waals surface area contributed by atoms with Gasteiger partial charge < -0.3 is 14.7 Å². The number of likely N-dealkylation sites (tertiary alicyclic amines) is 1. The summed E-state index contributed by atoms with van der Waals surface area (Å²) >= 11 is 0. The molecule has 6 heteroatoms. The number of methoxy groups -OCH3 is 1. The van der Waals surface area contributed by atoms with Gasteiger partial charge in [-0.15, -0.1) is 0 Å². The van der Waals surface area contributed by atoms with Crippen LogP contribution in [0.3, 0.4) is 0 Å². The maximum absolute atomic E-state index is 13.0. The first-order valence-corrected chi connectivity index (χ1v) is 9.46. The fraction of sp³-hybridized carbons (Fsp3) is 0.318. The molecule has 144 valence electrons. The fourth-order valence-corrected chi connectivity index (χ4v) is 4.20. The minimum Gasteiger partial charge on any atom is -0.507 e. The van der Waals surface area contributed by atoms with E-state index in [2.05, 4.69) is 4.98 Å². The first kappa shape index (κ1) is 18.2. The Morgan fingerprint density at radius 3 is 2.64 bits per heavy atom. The van der Waals surface area contributed by atoms with Crippen molar-refractivity contribution in [1.82, 2.24) is 9.88 Å². The van der Waals surface area contributed by atoms with Crippen LogP contribution < -0.4 is 4.74 Å². The lowest BCUT2D eigenvalue weighted by atomic mass is 9.95. The molecule has 1 amide bonds. The lowest BCUT2D eigenvalue weighted by molar-refractivity contribution is -0.141. The lowest BCUT2D eigenvalue weighted by Gasteiger charge is -2.30. The standard InChI is InChI=1S/C22H22N2O4/c1-28-17-10-4-6-14(12-17)20(25)18-19(15-7-5-11-23-13-15)24(22(27)21(18)26)16-8-2-3-9-16/h4-7,10-13,16,19,25H,2-3,8-9H2,1H3/b20-18-. The zero-order valence-corrected chi connectivity index (χ0v) is 15.7. The van der Waals surface area contributed by atoms with Gasteiger partial charge >= 0.3 is 0 Å². The van der Waals surface area contributed by atoms with Crippen molar-refractivity contribution in [2.45, 2.75) is 37.8 Å². The molecular formula is C22H22N2O4. The second-order valence-corrected chi connectivity index (χ2v) is 7.16. The lowest BCUT2D eigenvalue weighted by Crippen LogP contribution is -2.37. The number of Topliss-reactive ketones (excluding diaryl/α,β-unsaturated/α-hetero) is 1. The van der Waals surface area contributed by atoms with Crippen molar-refractivity contribution < 1.29 is 19.4 Å². The number of ether oxygens (including phenoxy) is 1. The molecule has 1 aliphatic carbocycles. The topological polar surface area (TPSA) is 79.7 Å². The Morgan fingerprint density at radius 1 is 1.18 bits per heavy atom. The van der Waals surface area contributed by atoms with Gasteiger partial charge in [-0.3, -0.25) is 14.6 Å². The highest BCUT2D eigenvalue weighted by atomic mass is 16.5. The number of carbonyl (C=O) groups excluding carboxylic acids is 2. The highest BCUT2D eigenvalue weighted by molar-refractivity contribution is 6.46. The van der Waals surface area contributed by atoms with Crippen molar-refractivity contribution in [3.05, 3.63) is 65.5 Å². The molecule has 1 saturated carbocycles. The molecule has 4 rings (SSSR count). The van der Waals surface area contributed by atoms with E-state index in [4.69, 9.17) is 4.74 Å². The third-order valence-corrected chi connectivity index (χ3v) is 5.54. The Morgan fingerprint density at radius 2 is 1.96 bits per heavy atom. The Kier molecular flexibility index (Phi) is 4.86. The van der Waals surface area contributed by atoms with Crippen LogP contribution in [-0.2, 0) is 9.59 Å². The summed E-state index contributed by atoms with van der Waals surface area (Å²) in [6, 6.07) is 9.81. The van der Waals surface area contributed by atoms with E-state index in [-0.39, 0.29) is 17.4 Å². The average molecular weight is 378 g/mol. The number of aromatic nitrogens is 1. The first-order chi connectivity index (χ1) is 13.6. The quantitative estimate of drug-likeness (QED) is 0.501. The number of aliphatic hydroxyl groups is 1. The molecule has 1 aromatic heterocycles. The molecule has 2 heterocycles. The number of carbonyl (C=O) groups is 2. The molecule has 2 fully saturated rings. The van der Waals surface area contributed by atoms with Crippen molar-refractivity contribution in [2.75, 3.05) is 7.11 Å². The SMILES string of the molecule is COc1cccc(/C(O)=C2/C(=O)C(=O)N(C3CCCC3)C2c2cccnc2)c1. The smallest absolute Gasteiger partial charge is 0.295 e. The van der Waals surface area contributed by atoms with E-state index in [1.165, 1.54) is 7.11 Å². The van der Waals surface area contributed by atoms with Gasteiger partial charge in [-0.05, 0) is 36.6 Å². The van der Waals surface area contributed by atoms with Crippen LogP contribution in [0.5, 0.6) is 5.75 Å². The van der Waals surface area contributed by atoms with E-state index < -0.39 is 17.7 Å². The number of rotatable bonds is 4. The molecule has 1 atom stereocenters. The Balaban J connectivity index is 1.88. The predicted molar refractivity (Wildman–Crippen MR) is 104 cm³/mol. The maximum Gasteiger partial charge on any atom is 0.295 e. The number of amides is 1. The van der Waals surface area contributed by atoms with Crippen molar-refractivity contribution in [2.24, 2.45) is 0 Å². The minimum absolute atomic E-state index is 0.00253. The molecule has 0 radical (unpaired) electrons. The average Bonchev–Trinajstić information content (AvgIpc) is 3.35. The molecule has 6 nitrogen and oxygen atoms in total. The van der Waals surface area contributed by atoms with Crippen LogP contribution >= 0.6 is 0 Å². The van der Waals surface area contributed by atoms with Gasteiger partial charge in [0.25, 0.3) is 11.7 Å². The maximum atomic E-state index is 13.0. The van der Waals surface area contributed by atoms with Gasteiger partial charge in [0.1, 0.15) is 11.5 Å². The van der Waals surface area contributed by atoms with Crippen LogP contribution in [0.2, 0.25) is 0 Å². The van der Waals surface area contributed by atoms with E-state index in [0.717, 1.165) is 31.2 Å². The number of pyridine rings is 1. The van der Waals surface area contributed by atoms with Gasteiger partial charge in [0, 0.05) is 24.0 Å². The number of benzene rings is 1. The van der Waals surface area contributed by atoms with Crippen molar-refractivity contribution >= 4 is 17.4 Å². The second-order valence-electron chi connectivity index (χ2n) is 7.16. The normalized spacial score (nSPS) is 22.0. The van der Waals surface area contributed by atoms with Gasteiger partial charge in [0.05, 0.1) is 18.7 Å². The van der Waals surface area contributed by atoms with Crippen molar-refractivity contribution in [3.63, 3.8) is 0 Å². The summed E-state index contributed by atoms with van der Waals surface area (Å²) in [5.41, 5.74) is 1.27. The number of aliphatic hydroxyl groups excluding tert-OH is 1. The molecule has 0 spiro atoms. The summed E-state index contributed by atoms with van der Waals surface area (Å²) < 4.78 is 5.22. The van der Waals surface area contributed by atoms with Gasteiger partial charge in [0.2, 0.25) is 0 Å². The molecule has 0 bridgehead atoms. The van der Waals surface area contributed by atoms with Crippen LogP contribution in [0.4, 0.5) is 0 Å². The molecule has 1 saturated heterocycles. The molecule has 2 aromatic rings. The fourth-order valence-electron chi connectivity index (χ4n) is 4.20. The van der Waals surface area contributed by atoms with Crippen LogP contribution in [-0.4, -0.2) is 39.8 Å². The molecule has 1 aromatic carbocycles. The van der Waals surface area contributed by atoms with Gasteiger partial charge in [-0.25, -0.2) is 0 Å². The zero-order valence-electron chi connectivity index (χ0n) is 15.7. The molecule has 2 aliphatic rings. The first-order valence-electron chi connectivity index (χ1n) is 9.46. The van der Waals surface area contributed by atoms with Crippen LogP contribution in [0, 0.1) is 0 Å². The van der Waals surface area contributed by atoms with Crippen molar-refractivity contribution in [3.8, 4) is 5.75 Å². The Labute approximate surface area is 163 Å². The van der Waals surface area contributed by atoms with Gasteiger partial charge in [0.15, 0.2) is 0 Å². The third kappa shape index (κ3) is 3.05. The number of nitrogens with zero attached hydrogens (tertiary/aromatic N) is 2. The largest absolute Gasteiger partial charge is 0.507 e. The van der Waals surface area contributed by atoms with E-state index in [1.54, 1.807) is 47.6 Å². The molecule has 28 heavy (non-hydrogen) atoms. The van der Waals surface area contributed by atoms with Crippen LogP contribution in [0.1, 0.15) is 42.9 Å². The zero-order chi connectivity index (χ0) is 19.7. The summed E-state index contributed by atoms with van der Waals surface area (Å²) in [4.78, 5) is 31.7. The summed E-state index contributed by atoms with van der Waals surface area (Å²) in [6.07, 6.45) is 7.09. The third-order valence-electron chi connectivity index (χ3n) is 5.54. The van der Waals surface area contributed by atoms with E-state index >= 15 is 0 Å². The van der Waals surface area contributed by atoms with Crippen LogP contribution in [0.15, 0.2) is 54.4 Å². The molecule has 1 unspecified atom stereocenters. The van der Waals surface area contributed by atoms with E-state index in [1.807, 2.05) is 6.07 Å². The summed E-state index contributed by atoms with van der Waals surface area (Å²) in [5.74, 6) is -0.829. The second kappa shape index (κ2) is 7.46. The van der Waals surface area contributed by atoms with Gasteiger partial charge in [-0.1, -0.05) is 31.0 Å². The van der Waals surface area contributed by atoms with Crippen molar-refractivity contribution in [1.29, 1.82) is 0 Å². The number of hydrogen-bond donors (Lipinski definition) is 1. The van der Waals surface area contributed by atoms with Crippen LogP contribution in [0.25, 0.3) is 5.76 Å². The minimum atomic E-state index is -0.652. The number of hydrogen-bond acceptors (Lipinski definition) is 5. The number of ketones is 1. The Bertz CT molecular complexity index is 933. The highest BCUT2D eigenvalue weighted by Crippen LogP contribution is 2.43. The Hall–Kier alpha value is -3.15. The monoisotopic (exact) mass is 378 g/mol. The molecule has 1 N–H and O–H groups in total. The summed E-state index contributed by atoms with van der Waals surface area (Å²) in [5, 5.41) is 11.0. The summed E-state index contributed by atoms with van der Waals surface area (Å²) in [7, 11) is 1.54. The summed E-state index contributed by atoms with van der Waals surface area (Å²) in [6.45, 7) is 0. The molecule has 1 aliphatic heterocycles.